The lowest BCUT2D eigenvalue weighted by Crippen LogP contribution is -2.39. The van der Waals surface area contributed by atoms with Crippen LogP contribution in [0.25, 0.3) is 0 Å². The Balaban J connectivity index is 1.93. The molecule has 0 aliphatic heterocycles. The van der Waals surface area contributed by atoms with Gasteiger partial charge in [0.2, 0.25) is 0 Å². The Morgan fingerprint density at radius 2 is 1.79 bits per heavy atom. The number of benzene rings is 2. The summed E-state index contributed by atoms with van der Waals surface area (Å²) in [4.78, 5) is 23.3. The summed E-state index contributed by atoms with van der Waals surface area (Å²) in [7, 11) is 1.55. The number of methoxy groups -OCH3 is 1. The van der Waals surface area contributed by atoms with E-state index in [0.29, 0.717) is 30.2 Å². The van der Waals surface area contributed by atoms with E-state index in [1.165, 1.54) is 11.8 Å². The highest BCUT2D eigenvalue weighted by atomic mass is 16.5. The molecule has 0 spiro atoms. The van der Waals surface area contributed by atoms with Gasteiger partial charge >= 0.3 is 11.8 Å². The standard InChI is InChI=1S/C22H27N3O4/c1-15(2)12-23-21(26)22(27)25-24-13-18-9-10-19(20(11-18)28-4)29-14-17-7-5-16(3)6-8-17/h5-11,13,15H,12,14H2,1-4H3,(H,23,26)(H,25,27)/b24-13-. The summed E-state index contributed by atoms with van der Waals surface area (Å²) in [5.74, 6) is -0.126. The lowest BCUT2D eigenvalue weighted by Gasteiger charge is -2.11. The summed E-state index contributed by atoms with van der Waals surface area (Å²) in [5.41, 5.74) is 5.14. The van der Waals surface area contributed by atoms with E-state index < -0.39 is 11.8 Å². The van der Waals surface area contributed by atoms with Crippen molar-refractivity contribution in [3.63, 3.8) is 0 Å². The van der Waals surface area contributed by atoms with Gasteiger partial charge < -0.3 is 14.8 Å². The maximum Gasteiger partial charge on any atom is 0.329 e. The molecule has 2 amide bonds. The van der Waals surface area contributed by atoms with Crippen LogP contribution < -0.4 is 20.2 Å². The maximum atomic E-state index is 11.7. The highest BCUT2D eigenvalue weighted by Crippen LogP contribution is 2.28. The van der Waals surface area contributed by atoms with Crippen LogP contribution in [0.4, 0.5) is 0 Å². The molecule has 2 rings (SSSR count). The first-order valence-corrected chi connectivity index (χ1v) is 9.36. The molecule has 2 aromatic rings. The predicted molar refractivity (Wildman–Crippen MR) is 112 cm³/mol. The van der Waals surface area contributed by atoms with Crippen molar-refractivity contribution < 1.29 is 19.1 Å². The SMILES string of the molecule is COc1cc(/C=N\NC(=O)C(=O)NCC(C)C)ccc1OCc1ccc(C)cc1. The first kappa shape index (κ1) is 21.9. The highest BCUT2D eigenvalue weighted by Gasteiger charge is 2.12. The summed E-state index contributed by atoms with van der Waals surface area (Å²) in [6.45, 7) is 6.77. The minimum atomic E-state index is -0.813. The molecule has 0 fully saturated rings. The molecule has 0 saturated carbocycles. The van der Waals surface area contributed by atoms with Crippen molar-refractivity contribution in [2.75, 3.05) is 13.7 Å². The molecule has 0 saturated heterocycles. The number of amides is 2. The Kier molecular flexibility index (Phi) is 8.21. The van der Waals surface area contributed by atoms with Crippen LogP contribution in [0.2, 0.25) is 0 Å². The van der Waals surface area contributed by atoms with Crippen LogP contribution >= 0.6 is 0 Å². The molecule has 0 aliphatic rings. The lowest BCUT2D eigenvalue weighted by molar-refractivity contribution is -0.139. The van der Waals surface area contributed by atoms with Gasteiger partial charge in [0.15, 0.2) is 11.5 Å². The fourth-order valence-corrected chi connectivity index (χ4v) is 2.32. The third-order valence-electron chi connectivity index (χ3n) is 3.96. The molecule has 0 aromatic heterocycles. The fraction of sp³-hybridized carbons (Fsp3) is 0.318. The van der Waals surface area contributed by atoms with E-state index >= 15 is 0 Å². The lowest BCUT2D eigenvalue weighted by atomic mass is 10.2. The van der Waals surface area contributed by atoms with Gasteiger partial charge in [-0.1, -0.05) is 43.7 Å². The summed E-state index contributed by atoms with van der Waals surface area (Å²) in [6, 6.07) is 13.4. The number of nitrogens with one attached hydrogen (secondary N) is 2. The topological polar surface area (TPSA) is 89.0 Å². The molecule has 29 heavy (non-hydrogen) atoms. The van der Waals surface area contributed by atoms with Crippen LogP contribution in [0.1, 0.15) is 30.5 Å². The molecule has 7 nitrogen and oxygen atoms in total. The van der Waals surface area contributed by atoms with E-state index in [0.717, 1.165) is 5.56 Å². The largest absolute Gasteiger partial charge is 0.493 e. The van der Waals surface area contributed by atoms with Crippen molar-refractivity contribution in [1.82, 2.24) is 10.7 Å². The maximum absolute atomic E-state index is 11.7. The second kappa shape index (κ2) is 10.8. The molecule has 0 atom stereocenters. The average molecular weight is 397 g/mol. The van der Waals surface area contributed by atoms with Crippen LogP contribution in [0.15, 0.2) is 47.6 Å². The number of nitrogens with zero attached hydrogens (tertiary/aromatic N) is 1. The van der Waals surface area contributed by atoms with Gasteiger partial charge in [0.25, 0.3) is 0 Å². The molecular weight excluding hydrogens is 370 g/mol. The van der Waals surface area contributed by atoms with Gasteiger partial charge in [-0.15, -0.1) is 0 Å². The van der Waals surface area contributed by atoms with Crippen LogP contribution in [-0.2, 0) is 16.2 Å². The molecule has 0 bridgehead atoms. The van der Waals surface area contributed by atoms with Crippen molar-refractivity contribution >= 4 is 18.0 Å². The van der Waals surface area contributed by atoms with Gasteiger partial charge in [-0.25, -0.2) is 5.43 Å². The summed E-state index contributed by atoms with van der Waals surface area (Å²) < 4.78 is 11.2. The van der Waals surface area contributed by atoms with Gasteiger partial charge in [0.1, 0.15) is 6.61 Å². The third kappa shape index (κ3) is 7.29. The molecule has 154 valence electrons. The van der Waals surface area contributed by atoms with Crippen LogP contribution in [0.5, 0.6) is 11.5 Å². The zero-order chi connectivity index (χ0) is 21.2. The Hall–Kier alpha value is -3.35. The molecule has 2 N–H and O–H groups in total. The van der Waals surface area contributed by atoms with Crippen LogP contribution in [0, 0.1) is 12.8 Å². The number of hydrogen-bond donors (Lipinski definition) is 2. The van der Waals surface area contributed by atoms with Crippen LogP contribution in [-0.4, -0.2) is 31.7 Å². The summed E-state index contributed by atoms with van der Waals surface area (Å²) in [6.07, 6.45) is 1.43. The van der Waals surface area contributed by atoms with Gasteiger partial charge in [-0.05, 0) is 42.2 Å². The molecule has 0 aliphatic carbocycles. The van der Waals surface area contributed by atoms with Gasteiger partial charge in [0.05, 0.1) is 13.3 Å². The predicted octanol–water partition coefficient (Wildman–Crippen LogP) is 2.80. The number of ether oxygens (including phenoxy) is 2. The van der Waals surface area contributed by atoms with Crippen molar-refractivity contribution in [2.24, 2.45) is 11.0 Å². The molecular formula is C22H27N3O4. The Morgan fingerprint density at radius 1 is 1.07 bits per heavy atom. The number of hydrogen-bond acceptors (Lipinski definition) is 5. The second-order valence-electron chi connectivity index (χ2n) is 6.99. The van der Waals surface area contributed by atoms with Gasteiger partial charge in [-0.2, -0.15) is 5.10 Å². The Bertz CT molecular complexity index is 861. The van der Waals surface area contributed by atoms with Crippen molar-refractivity contribution in [1.29, 1.82) is 0 Å². The normalized spacial score (nSPS) is 10.8. The van der Waals surface area contributed by atoms with E-state index in [-0.39, 0.29) is 5.92 Å². The number of hydrazone groups is 1. The van der Waals surface area contributed by atoms with E-state index in [2.05, 4.69) is 15.8 Å². The Labute approximate surface area is 171 Å². The van der Waals surface area contributed by atoms with E-state index in [1.807, 2.05) is 45.0 Å². The number of carbonyl (C=O) groups is 2. The third-order valence-corrected chi connectivity index (χ3v) is 3.96. The van der Waals surface area contributed by atoms with Crippen molar-refractivity contribution in [3.05, 3.63) is 59.2 Å². The molecule has 0 radical (unpaired) electrons. The first-order valence-electron chi connectivity index (χ1n) is 9.36. The average Bonchev–Trinajstić information content (AvgIpc) is 2.71. The van der Waals surface area contributed by atoms with E-state index in [4.69, 9.17) is 9.47 Å². The molecule has 7 heteroatoms. The molecule has 0 unspecified atom stereocenters. The van der Waals surface area contributed by atoms with E-state index in [9.17, 15) is 9.59 Å². The van der Waals surface area contributed by atoms with Crippen molar-refractivity contribution in [3.8, 4) is 11.5 Å². The minimum Gasteiger partial charge on any atom is -0.493 e. The number of aryl methyl sites for hydroxylation is 1. The number of rotatable bonds is 8. The smallest absolute Gasteiger partial charge is 0.329 e. The second-order valence-corrected chi connectivity index (χ2v) is 6.99. The highest BCUT2D eigenvalue weighted by molar-refractivity contribution is 6.35. The summed E-state index contributed by atoms with van der Waals surface area (Å²) in [5, 5.41) is 6.34. The van der Waals surface area contributed by atoms with Gasteiger partial charge in [0, 0.05) is 6.54 Å². The first-order chi connectivity index (χ1) is 13.9. The molecule has 2 aromatic carbocycles. The number of carbonyl (C=O) groups excluding carboxylic acids is 2. The zero-order valence-corrected chi connectivity index (χ0v) is 17.2. The van der Waals surface area contributed by atoms with Gasteiger partial charge in [-0.3, -0.25) is 9.59 Å². The monoisotopic (exact) mass is 397 g/mol. The Morgan fingerprint density at radius 3 is 2.45 bits per heavy atom. The van der Waals surface area contributed by atoms with E-state index in [1.54, 1.807) is 25.3 Å². The van der Waals surface area contributed by atoms with Crippen molar-refractivity contribution in [2.45, 2.75) is 27.4 Å². The van der Waals surface area contributed by atoms with Crippen LogP contribution in [0.3, 0.4) is 0 Å². The minimum absolute atomic E-state index is 0.259. The quantitative estimate of drug-likeness (QED) is 0.407. The summed E-state index contributed by atoms with van der Waals surface area (Å²) >= 11 is 0. The zero-order valence-electron chi connectivity index (χ0n) is 17.2. The molecule has 0 heterocycles. The fourth-order valence-electron chi connectivity index (χ4n) is 2.32.